The molecule has 0 saturated heterocycles. The molecule has 30 heavy (non-hydrogen) atoms. The Hall–Kier alpha value is -2.61. The fraction of sp³-hybridized carbons (Fsp3) is 0.455. The van der Waals surface area contributed by atoms with E-state index in [0.29, 0.717) is 22.9 Å². The van der Waals surface area contributed by atoms with Gasteiger partial charge in [-0.25, -0.2) is 4.98 Å². The Labute approximate surface area is 173 Å². The van der Waals surface area contributed by atoms with E-state index >= 15 is 0 Å². The molecule has 1 fully saturated rings. The molecule has 0 bridgehead atoms. The zero-order valence-corrected chi connectivity index (χ0v) is 17.1. The van der Waals surface area contributed by atoms with Gasteiger partial charge in [0.2, 0.25) is 0 Å². The van der Waals surface area contributed by atoms with E-state index < -0.39 is 17.3 Å². The first-order valence-corrected chi connectivity index (χ1v) is 9.99. The number of imidazole rings is 1. The number of hydrogen-bond acceptors (Lipinski definition) is 3. The zero-order valence-electron chi connectivity index (χ0n) is 17.1. The first-order valence-electron chi connectivity index (χ1n) is 9.99. The van der Waals surface area contributed by atoms with Gasteiger partial charge in [0.1, 0.15) is 11.7 Å². The number of halogens is 3. The van der Waals surface area contributed by atoms with Crippen LogP contribution in [0.1, 0.15) is 50.9 Å². The zero-order chi connectivity index (χ0) is 21.9. The Bertz CT molecular complexity index is 917. The molecule has 0 spiro atoms. The van der Waals surface area contributed by atoms with Crippen LogP contribution < -0.4 is 5.73 Å². The van der Waals surface area contributed by atoms with Crippen molar-refractivity contribution in [1.82, 2.24) is 9.97 Å². The topological polar surface area (TPSA) is 87.3 Å². The number of benzene rings is 1. The van der Waals surface area contributed by atoms with E-state index in [0.717, 1.165) is 37.8 Å². The smallest absolute Gasteiger partial charge is 0.390 e. The van der Waals surface area contributed by atoms with Crippen LogP contribution in [0.2, 0.25) is 0 Å². The van der Waals surface area contributed by atoms with Crippen molar-refractivity contribution in [1.29, 1.82) is 0 Å². The number of aliphatic imine (C=N–C) groups is 1. The summed E-state index contributed by atoms with van der Waals surface area (Å²) in [5.41, 5.74) is 5.52. The van der Waals surface area contributed by atoms with Crippen LogP contribution in [0.4, 0.5) is 13.2 Å². The number of aliphatic hydroxyl groups is 1. The Morgan fingerprint density at radius 3 is 2.57 bits per heavy atom. The molecule has 0 unspecified atom stereocenters. The normalized spacial score (nSPS) is 21.3. The van der Waals surface area contributed by atoms with Crippen molar-refractivity contribution in [3.63, 3.8) is 0 Å². The second-order valence-electron chi connectivity index (χ2n) is 8.31. The van der Waals surface area contributed by atoms with E-state index in [4.69, 9.17) is 5.73 Å². The lowest BCUT2D eigenvalue weighted by atomic mass is 9.77. The van der Waals surface area contributed by atoms with Crippen molar-refractivity contribution in [2.45, 2.75) is 57.3 Å². The average Bonchev–Trinajstić information content (AvgIpc) is 3.15. The van der Waals surface area contributed by atoms with E-state index in [1.54, 1.807) is 18.2 Å². The Kier molecular flexibility index (Phi) is 6.36. The van der Waals surface area contributed by atoms with Gasteiger partial charge in [-0.3, -0.25) is 4.99 Å². The van der Waals surface area contributed by atoms with Gasteiger partial charge >= 0.3 is 6.18 Å². The van der Waals surface area contributed by atoms with E-state index in [-0.39, 0.29) is 12.0 Å². The molecule has 0 aliphatic heterocycles. The van der Waals surface area contributed by atoms with Crippen LogP contribution >= 0.6 is 0 Å². The summed E-state index contributed by atoms with van der Waals surface area (Å²) in [4.78, 5) is 11.7. The van der Waals surface area contributed by atoms with E-state index in [1.165, 1.54) is 12.3 Å². The van der Waals surface area contributed by atoms with Gasteiger partial charge in [-0.05, 0) is 69.7 Å². The van der Waals surface area contributed by atoms with Gasteiger partial charge in [-0.2, -0.15) is 13.2 Å². The number of hydrogen-bond donors (Lipinski definition) is 3. The largest absolute Gasteiger partial charge is 0.416 e. The van der Waals surface area contributed by atoms with Crippen molar-refractivity contribution in [3.8, 4) is 11.3 Å². The number of aromatic amines is 1. The summed E-state index contributed by atoms with van der Waals surface area (Å²) in [6.07, 6.45) is 3.96. The maximum Gasteiger partial charge on any atom is 0.416 e. The summed E-state index contributed by atoms with van der Waals surface area (Å²) < 4.78 is 38.7. The number of nitrogens with one attached hydrogen (secondary N) is 1. The molecule has 0 atom stereocenters. The maximum atomic E-state index is 12.9. The van der Waals surface area contributed by atoms with Crippen LogP contribution in [0.3, 0.4) is 0 Å². The summed E-state index contributed by atoms with van der Waals surface area (Å²) in [6.45, 7) is 3.69. The maximum absolute atomic E-state index is 12.9. The Morgan fingerprint density at radius 1 is 1.23 bits per heavy atom. The molecule has 1 aromatic heterocycles. The fourth-order valence-electron chi connectivity index (χ4n) is 3.76. The van der Waals surface area contributed by atoms with Crippen molar-refractivity contribution in [2.24, 2.45) is 16.6 Å². The molecule has 0 amide bonds. The lowest BCUT2D eigenvalue weighted by Gasteiger charge is -2.34. The van der Waals surface area contributed by atoms with Crippen molar-refractivity contribution < 1.29 is 18.3 Å². The molecular weight excluding hydrogens is 393 g/mol. The van der Waals surface area contributed by atoms with E-state index in [1.807, 2.05) is 13.8 Å². The molecule has 2 aromatic rings. The molecule has 1 saturated carbocycles. The van der Waals surface area contributed by atoms with Crippen LogP contribution in [0.25, 0.3) is 17.3 Å². The van der Waals surface area contributed by atoms with Crippen LogP contribution in [0.15, 0.2) is 41.5 Å². The summed E-state index contributed by atoms with van der Waals surface area (Å²) in [5, 5.41) is 10.1. The SMILES string of the molecule is CC(C)(O)C1CCC(N=C(N)/C=C\c2ncc(-c3cccc(C(F)(F)F)c3)[nH]2)CC1. The second kappa shape index (κ2) is 8.63. The van der Waals surface area contributed by atoms with Crippen LogP contribution in [0, 0.1) is 5.92 Å². The number of nitrogens with two attached hydrogens (primary N) is 1. The lowest BCUT2D eigenvalue weighted by Crippen LogP contribution is -2.35. The quantitative estimate of drug-likeness (QED) is 0.480. The predicted molar refractivity (Wildman–Crippen MR) is 112 cm³/mol. The summed E-state index contributed by atoms with van der Waals surface area (Å²) >= 11 is 0. The number of aromatic nitrogens is 2. The second-order valence-corrected chi connectivity index (χ2v) is 8.31. The molecule has 3 rings (SSSR count). The van der Waals surface area contributed by atoms with Crippen LogP contribution in [0.5, 0.6) is 0 Å². The van der Waals surface area contributed by atoms with E-state index in [2.05, 4.69) is 15.0 Å². The van der Waals surface area contributed by atoms with Gasteiger partial charge in [0, 0.05) is 5.56 Å². The van der Waals surface area contributed by atoms with Crippen LogP contribution in [-0.2, 0) is 6.18 Å². The third kappa shape index (κ3) is 5.72. The minimum absolute atomic E-state index is 0.130. The third-order valence-corrected chi connectivity index (χ3v) is 5.54. The van der Waals surface area contributed by atoms with Crippen molar-refractivity contribution >= 4 is 11.9 Å². The van der Waals surface area contributed by atoms with Crippen molar-refractivity contribution in [2.75, 3.05) is 0 Å². The summed E-state index contributed by atoms with van der Waals surface area (Å²) in [7, 11) is 0. The number of H-pyrrole nitrogens is 1. The summed E-state index contributed by atoms with van der Waals surface area (Å²) in [6, 6.07) is 5.21. The molecule has 0 radical (unpaired) electrons. The molecule has 8 heteroatoms. The van der Waals surface area contributed by atoms with Gasteiger partial charge < -0.3 is 15.8 Å². The average molecular weight is 420 g/mol. The number of amidine groups is 1. The minimum atomic E-state index is -4.39. The monoisotopic (exact) mass is 420 g/mol. The highest BCUT2D eigenvalue weighted by molar-refractivity contribution is 5.94. The number of alkyl halides is 3. The van der Waals surface area contributed by atoms with Gasteiger partial charge in [-0.15, -0.1) is 0 Å². The molecular formula is C22H27F3N4O. The third-order valence-electron chi connectivity index (χ3n) is 5.54. The molecule has 4 N–H and O–H groups in total. The molecule has 162 valence electrons. The minimum Gasteiger partial charge on any atom is -0.390 e. The highest BCUT2D eigenvalue weighted by Crippen LogP contribution is 2.34. The van der Waals surface area contributed by atoms with Crippen molar-refractivity contribution in [3.05, 3.63) is 47.9 Å². The summed E-state index contributed by atoms with van der Waals surface area (Å²) in [5.74, 6) is 1.13. The van der Waals surface area contributed by atoms with Crippen LogP contribution in [-0.4, -0.2) is 32.6 Å². The first-order chi connectivity index (χ1) is 14.0. The predicted octanol–water partition coefficient (Wildman–Crippen LogP) is 4.80. The fourth-order valence-corrected chi connectivity index (χ4v) is 3.76. The standard InChI is InChI=1S/C22H27F3N4O/c1-21(2,30)15-6-8-17(9-7-15)28-19(26)10-11-20-27-13-18(29-20)14-4-3-5-16(12-14)22(23,24)25/h3-5,10-13,15,17,30H,6-9H2,1-2H3,(H2,26,28)(H,27,29)/b11-10-. The van der Waals surface area contributed by atoms with Gasteiger partial charge in [-0.1, -0.05) is 12.1 Å². The lowest BCUT2D eigenvalue weighted by molar-refractivity contribution is -0.137. The molecule has 1 aliphatic rings. The molecule has 1 heterocycles. The van der Waals surface area contributed by atoms with Gasteiger partial charge in [0.05, 0.1) is 29.1 Å². The highest BCUT2D eigenvalue weighted by atomic mass is 19.4. The number of nitrogens with zero attached hydrogens (tertiary/aromatic N) is 2. The Balaban J connectivity index is 1.63. The number of rotatable bonds is 5. The van der Waals surface area contributed by atoms with E-state index in [9.17, 15) is 18.3 Å². The molecule has 5 nitrogen and oxygen atoms in total. The van der Waals surface area contributed by atoms with Gasteiger partial charge in [0.25, 0.3) is 0 Å². The van der Waals surface area contributed by atoms with Gasteiger partial charge in [0.15, 0.2) is 0 Å². The Morgan fingerprint density at radius 2 is 1.93 bits per heavy atom. The molecule has 1 aliphatic carbocycles. The first kappa shape index (κ1) is 22.1. The molecule has 1 aromatic carbocycles. The highest BCUT2D eigenvalue weighted by Gasteiger charge is 2.31.